The normalized spacial score (nSPS) is 11.6. The fraction of sp³-hybridized carbons (Fsp3) is 0.235. The molecule has 0 saturated heterocycles. The van der Waals surface area contributed by atoms with Gasteiger partial charge in [-0.25, -0.2) is 0 Å². The van der Waals surface area contributed by atoms with Crippen LogP contribution < -0.4 is 5.32 Å². The van der Waals surface area contributed by atoms with E-state index in [1.165, 1.54) is 17.8 Å². The summed E-state index contributed by atoms with van der Waals surface area (Å²) in [6.07, 6.45) is -3.06. The van der Waals surface area contributed by atoms with Crippen LogP contribution in [0.4, 0.5) is 19.0 Å². The average Bonchev–Trinajstić information content (AvgIpc) is 3.13. The van der Waals surface area contributed by atoms with Gasteiger partial charge >= 0.3 is 6.18 Å². The minimum Gasteiger partial charge on any atom is -0.306 e. The maximum absolute atomic E-state index is 12.7. The van der Waals surface area contributed by atoms with E-state index >= 15 is 0 Å². The van der Waals surface area contributed by atoms with Crippen LogP contribution in [0, 0.1) is 6.92 Å². The van der Waals surface area contributed by atoms with Crippen LogP contribution in [0.25, 0.3) is 0 Å². The Labute approximate surface area is 167 Å². The first-order chi connectivity index (χ1) is 13.1. The Hall–Kier alpha value is -2.52. The molecular formula is C17H14Cl2F3N5O. The molecular weight excluding hydrogens is 418 g/mol. The molecule has 3 rings (SSSR count). The molecule has 6 nitrogen and oxygen atoms in total. The standard InChI is InChI=1S/C17H14Cl2F3N5O/c1-10-6-14(17(20,21)22)24-27(10)9-15(28)23-16-13(19)8-26(25-16)7-11-4-2-3-5-12(11)18/h2-6,8H,7,9H2,1H3,(H,23,25,28). The molecule has 1 amide bonds. The first kappa shape index (κ1) is 20.2. The molecule has 0 aliphatic rings. The van der Waals surface area contributed by atoms with Crippen LogP contribution in [0.15, 0.2) is 36.5 Å². The molecule has 0 fully saturated rings. The second kappa shape index (κ2) is 7.84. The van der Waals surface area contributed by atoms with Crippen molar-refractivity contribution in [3.63, 3.8) is 0 Å². The van der Waals surface area contributed by atoms with E-state index in [1.54, 1.807) is 12.1 Å². The Kier molecular flexibility index (Phi) is 5.66. The number of rotatable bonds is 5. The molecule has 0 aliphatic heterocycles. The molecule has 3 aromatic rings. The number of carbonyl (C=O) groups is 1. The second-order valence-electron chi connectivity index (χ2n) is 5.99. The summed E-state index contributed by atoms with van der Waals surface area (Å²) in [4.78, 5) is 12.2. The predicted octanol–water partition coefficient (Wildman–Crippen LogP) is 4.40. The average molecular weight is 432 g/mol. The molecule has 28 heavy (non-hydrogen) atoms. The summed E-state index contributed by atoms with van der Waals surface area (Å²) in [5, 5.41) is 10.8. The largest absolute Gasteiger partial charge is 0.435 e. The fourth-order valence-electron chi connectivity index (χ4n) is 2.48. The smallest absolute Gasteiger partial charge is 0.306 e. The number of aryl methyl sites for hydroxylation is 1. The van der Waals surface area contributed by atoms with Crippen molar-refractivity contribution >= 4 is 34.9 Å². The Morgan fingerprint density at radius 3 is 2.54 bits per heavy atom. The predicted molar refractivity (Wildman–Crippen MR) is 98.4 cm³/mol. The Bertz CT molecular complexity index is 1010. The van der Waals surface area contributed by atoms with Crippen LogP contribution >= 0.6 is 23.2 Å². The van der Waals surface area contributed by atoms with Crippen LogP contribution in [0.2, 0.25) is 10.0 Å². The number of nitrogens with zero attached hydrogens (tertiary/aromatic N) is 4. The molecule has 1 aromatic carbocycles. The lowest BCUT2D eigenvalue weighted by atomic mass is 10.2. The van der Waals surface area contributed by atoms with E-state index in [9.17, 15) is 18.0 Å². The molecule has 0 saturated carbocycles. The molecule has 0 bridgehead atoms. The van der Waals surface area contributed by atoms with Crippen LogP contribution in [0.3, 0.4) is 0 Å². The van der Waals surface area contributed by atoms with E-state index in [-0.39, 0.29) is 16.5 Å². The van der Waals surface area contributed by atoms with Crippen LogP contribution in [-0.4, -0.2) is 25.5 Å². The number of nitrogens with one attached hydrogen (secondary N) is 1. The van der Waals surface area contributed by atoms with Crippen molar-refractivity contribution in [2.24, 2.45) is 0 Å². The quantitative estimate of drug-likeness (QED) is 0.650. The van der Waals surface area contributed by atoms with Crippen molar-refractivity contribution in [3.8, 4) is 0 Å². The van der Waals surface area contributed by atoms with Gasteiger partial charge in [0.2, 0.25) is 5.91 Å². The molecule has 11 heteroatoms. The molecule has 2 heterocycles. The summed E-state index contributed by atoms with van der Waals surface area (Å²) in [7, 11) is 0. The molecule has 0 unspecified atom stereocenters. The summed E-state index contributed by atoms with van der Waals surface area (Å²) in [6.45, 7) is 1.36. The van der Waals surface area contributed by atoms with Crippen LogP contribution in [-0.2, 0) is 24.1 Å². The minimum absolute atomic E-state index is 0.0968. The Balaban J connectivity index is 1.69. The number of amides is 1. The lowest BCUT2D eigenvalue weighted by molar-refractivity contribution is -0.141. The topological polar surface area (TPSA) is 64.7 Å². The van der Waals surface area contributed by atoms with Gasteiger partial charge in [0.05, 0.1) is 6.54 Å². The van der Waals surface area contributed by atoms with Gasteiger partial charge in [-0.2, -0.15) is 23.4 Å². The second-order valence-corrected chi connectivity index (χ2v) is 6.80. The summed E-state index contributed by atoms with van der Waals surface area (Å²) < 4.78 is 40.6. The summed E-state index contributed by atoms with van der Waals surface area (Å²) in [5.41, 5.74) is -0.0364. The summed E-state index contributed by atoms with van der Waals surface area (Å²) >= 11 is 12.2. The first-order valence-electron chi connectivity index (χ1n) is 8.01. The molecule has 0 radical (unpaired) electrons. The number of carbonyl (C=O) groups excluding carboxylic acids is 1. The highest BCUT2D eigenvalue weighted by molar-refractivity contribution is 6.33. The van der Waals surface area contributed by atoms with Crippen LogP contribution in [0.5, 0.6) is 0 Å². The van der Waals surface area contributed by atoms with Gasteiger partial charge in [-0.15, -0.1) is 0 Å². The highest BCUT2D eigenvalue weighted by Gasteiger charge is 2.34. The third-order valence-electron chi connectivity index (χ3n) is 3.83. The van der Waals surface area contributed by atoms with Gasteiger partial charge in [0, 0.05) is 16.9 Å². The van der Waals surface area contributed by atoms with Crippen molar-refractivity contribution in [1.29, 1.82) is 0 Å². The maximum atomic E-state index is 12.7. The number of aromatic nitrogens is 4. The third kappa shape index (κ3) is 4.66. The minimum atomic E-state index is -4.58. The van der Waals surface area contributed by atoms with Gasteiger partial charge in [-0.3, -0.25) is 14.2 Å². The molecule has 0 spiro atoms. The highest BCUT2D eigenvalue weighted by atomic mass is 35.5. The molecule has 148 valence electrons. The molecule has 1 N–H and O–H groups in total. The number of alkyl halides is 3. The zero-order valence-electron chi connectivity index (χ0n) is 14.5. The number of anilines is 1. The first-order valence-corrected chi connectivity index (χ1v) is 8.77. The third-order valence-corrected chi connectivity index (χ3v) is 4.48. The van der Waals surface area contributed by atoms with Gasteiger partial charge in [0.15, 0.2) is 11.5 Å². The van der Waals surface area contributed by atoms with Gasteiger partial charge in [0.1, 0.15) is 11.6 Å². The zero-order chi connectivity index (χ0) is 20.5. The van der Waals surface area contributed by atoms with Gasteiger partial charge < -0.3 is 5.32 Å². The Morgan fingerprint density at radius 1 is 1.18 bits per heavy atom. The summed E-state index contributed by atoms with van der Waals surface area (Å²) in [5.74, 6) is -0.510. The lowest BCUT2D eigenvalue weighted by Gasteiger charge is -2.06. The maximum Gasteiger partial charge on any atom is 0.435 e. The van der Waals surface area contributed by atoms with Gasteiger partial charge in [-0.05, 0) is 24.6 Å². The highest BCUT2D eigenvalue weighted by Crippen LogP contribution is 2.28. The zero-order valence-corrected chi connectivity index (χ0v) is 16.0. The molecule has 2 aromatic heterocycles. The number of hydrogen-bond donors (Lipinski definition) is 1. The van der Waals surface area contributed by atoms with Crippen molar-refractivity contribution in [1.82, 2.24) is 19.6 Å². The van der Waals surface area contributed by atoms with E-state index < -0.39 is 24.3 Å². The molecule has 0 aliphatic carbocycles. The monoisotopic (exact) mass is 431 g/mol. The number of hydrogen-bond acceptors (Lipinski definition) is 3. The summed E-state index contributed by atoms with van der Waals surface area (Å²) in [6, 6.07) is 8.07. The number of halogens is 5. The Morgan fingerprint density at radius 2 is 1.89 bits per heavy atom. The van der Waals surface area contributed by atoms with E-state index in [2.05, 4.69) is 15.5 Å². The van der Waals surface area contributed by atoms with Crippen molar-refractivity contribution in [3.05, 3.63) is 63.5 Å². The van der Waals surface area contributed by atoms with Crippen molar-refractivity contribution in [2.45, 2.75) is 26.2 Å². The SMILES string of the molecule is Cc1cc(C(F)(F)F)nn1CC(=O)Nc1nn(Cc2ccccc2Cl)cc1Cl. The van der Waals surface area contributed by atoms with E-state index in [0.717, 1.165) is 16.3 Å². The van der Waals surface area contributed by atoms with Gasteiger partial charge in [0.25, 0.3) is 0 Å². The fourth-order valence-corrected chi connectivity index (χ4v) is 2.87. The van der Waals surface area contributed by atoms with Crippen LogP contribution in [0.1, 0.15) is 17.0 Å². The van der Waals surface area contributed by atoms with E-state index in [0.29, 0.717) is 11.6 Å². The van der Waals surface area contributed by atoms with E-state index in [4.69, 9.17) is 23.2 Å². The van der Waals surface area contributed by atoms with Crippen molar-refractivity contribution < 1.29 is 18.0 Å². The molecule has 0 atom stereocenters. The van der Waals surface area contributed by atoms with Crippen molar-refractivity contribution in [2.75, 3.05) is 5.32 Å². The number of benzene rings is 1. The lowest BCUT2D eigenvalue weighted by Crippen LogP contribution is -2.21. The van der Waals surface area contributed by atoms with Gasteiger partial charge in [-0.1, -0.05) is 41.4 Å². The van der Waals surface area contributed by atoms with E-state index in [1.807, 2.05) is 12.1 Å².